The van der Waals surface area contributed by atoms with Gasteiger partial charge in [0, 0.05) is 49.3 Å². The zero-order valence-corrected chi connectivity index (χ0v) is 17.5. The highest BCUT2D eigenvalue weighted by atomic mass is 16.2. The molecule has 0 radical (unpaired) electrons. The number of anilines is 2. The number of nitrogens with zero attached hydrogens (tertiary/aromatic N) is 2. The Bertz CT molecular complexity index is 1080. The molecule has 0 aliphatic heterocycles. The molecular formula is C24H24N4O3. The molecule has 0 saturated heterocycles. The van der Waals surface area contributed by atoms with Gasteiger partial charge in [-0.2, -0.15) is 0 Å². The van der Waals surface area contributed by atoms with Crippen LogP contribution in [0.4, 0.5) is 11.4 Å². The Hall–Kier alpha value is -4.00. The van der Waals surface area contributed by atoms with Gasteiger partial charge < -0.3 is 15.5 Å². The molecule has 7 nitrogen and oxygen atoms in total. The van der Waals surface area contributed by atoms with Crippen LogP contribution in [0.2, 0.25) is 0 Å². The molecule has 31 heavy (non-hydrogen) atoms. The molecule has 2 N–H and O–H groups in total. The lowest BCUT2D eigenvalue weighted by Crippen LogP contribution is -2.27. The van der Waals surface area contributed by atoms with Gasteiger partial charge in [0.15, 0.2) is 0 Å². The van der Waals surface area contributed by atoms with Crippen LogP contribution in [-0.4, -0.2) is 34.2 Å². The summed E-state index contributed by atoms with van der Waals surface area (Å²) < 4.78 is 0. The maximum absolute atomic E-state index is 12.7. The minimum absolute atomic E-state index is 0.00193. The highest BCUT2D eigenvalue weighted by Gasteiger charge is 2.11. The highest BCUT2D eigenvalue weighted by molar-refractivity contribution is 6.07. The van der Waals surface area contributed by atoms with Gasteiger partial charge in [0.25, 0.3) is 11.8 Å². The van der Waals surface area contributed by atoms with E-state index in [0.717, 1.165) is 5.56 Å². The monoisotopic (exact) mass is 416 g/mol. The first-order valence-electron chi connectivity index (χ1n) is 9.93. The molecule has 158 valence electrons. The summed E-state index contributed by atoms with van der Waals surface area (Å²) >= 11 is 0. The lowest BCUT2D eigenvalue weighted by atomic mass is 10.1. The Morgan fingerprint density at radius 3 is 2.16 bits per heavy atom. The van der Waals surface area contributed by atoms with Crippen molar-refractivity contribution in [3.05, 3.63) is 89.7 Å². The maximum Gasteiger partial charge on any atom is 0.257 e. The van der Waals surface area contributed by atoms with Gasteiger partial charge in [0.1, 0.15) is 0 Å². The molecule has 0 bridgehead atoms. The van der Waals surface area contributed by atoms with Crippen molar-refractivity contribution in [2.24, 2.45) is 0 Å². The summed E-state index contributed by atoms with van der Waals surface area (Å²) in [6, 6.07) is 17.4. The van der Waals surface area contributed by atoms with Crippen molar-refractivity contribution >= 4 is 29.1 Å². The number of hydrogen-bond donors (Lipinski definition) is 2. The van der Waals surface area contributed by atoms with Crippen molar-refractivity contribution in [3.8, 4) is 0 Å². The molecule has 1 aromatic heterocycles. The number of rotatable bonds is 7. The third-order valence-corrected chi connectivity index (χ3v) is 4.69. The Labute approximate surface area is 181 Å². The molecule has 2 aromatic carbocycles. The fourth-order valence-electron chi connectivity index (χ4n) is 3.06. The molecule has 0 atom stereocenters. The van der Waals surface area contributed by atoms with Gasteiger partial charge in [-0.05, 0) is 55.0 Å². The third-order valence-electron chi connectivity index (χ3n) is 4.69. The second kappa shape index (κ2) is 10.2. The topological polar surface area (TPSA) is 91.4 Å². The lowest BCUT2D eigenvalue weighted by molar-refractivity contribution is -0.129. The molecule has 0 aliphatic rings. The zero-order chi connectivity index (χ0) is 22.2. The summed E-state index contributed by atoms with van der Waals surface area (Å²) in [7, 11) is 0. The van der Waals surface area contributed by atoms with Crippen LogP contribution in [0.3, 0.4) is 0 Å². The van der Waals surface area contributed by atoms with Crippen molar-refractivity contribution in [2.75, 3.05) is 17.2 Å². The van der Waals surface area contributed by atoms with E-state index in [4.69, 9.17) is 0 Å². The van der Waals surface area contributed by atoms with Crippen LogP contribution in [0.15, 0.2) is 73.1 Å². The van der Waals surface area contributed by atoms with Crippen LogP contribution in [0, 0.1) is 0 Å². The van der Waals surface area contributed by atoms with Crippen molar-refractivity contribution in [2.45, 2.75) is 20.4 Å². The second-order valence-electron chi connectivity index (χ2n) is 6.96. The molecule has 3 amide bonds. The first-order chi connectivity index (χ1) is 15.0. The number of aromatic nitrogens is 1. The number of benzene rings is 2. The van der Waals surface area contributed by atoms with E-state index in [9.17, 15) is 14.4 Å². The van der Waals surface area contributed by atoms with Crippen LogP contribution in [0.25, 0.3) is 0 Å². The average Bonchev–Trinajstić information content (AvgIpc) is 2.78. The van der Waals surface area contributed by atoms with Gasteiger partial charge in [-0.1, -0.05) is 18.2 Å². The first-order valence-corrected chi connectivity index (χ1v) is 9.93. The van der Waals surface area contributed by atoms with Crippen LogP contribution < -0.4 is 10.6 Å². The van der Waals surface area contributed by atoms with E-state index in [2.05, 4.69) is 15.6 Å². The maximum atomic E-state index is 12.7. The number of carbonyl (C=O) groups excluding carboxylic acids is 3. The summed E-state index contributed by atoms with van der Waals surface area (Å²) in [4.78, 5) is 42.3. The Morgan fingerprint density at radius 1 is 0.871 bits per heavy atom. The second-order valence-corrected chi connectivity index (χ2v) is 6.96. The zero-order valence-electron chi connectivity index (χ0n) is 17.5. The molecule has 7 heteroatoms. The van der Waals surface area contributed by atoms with Crippen molar-refractivity contribution in [1.82, 2.24) is 9.88 Å². The lowest BCUT2D eigenvalue weighted by Gasteiger charge is -2.19. The van der Waals surface area contributed by atoms with Gasteiger partial charge in [0.05, 0.1) is 5.56 Å². The Kier molecular flexibility index (Phi) is 7.11. The highest BCUT2D eigenvalue weighted by Crippen LogP contribution is 2.17. The molecule has 0 unspecified atom stereocenters. The van der Waals surface area contributed by atoms with E-state index in [1.165, 1.54) is 13.1 Å². The summed E-state index contributed by atoms with van der Waals surface area (Å²) in [6.07, 6.45) is 3.07. The van der Waals surface area contributed by atoms with E-state index in [1.807, 2.05) is 25.1 Å². The predicted octanol–water partition coefficient (Wildman–Crippen LogP) is 3.95. The number of amides is 3. The normalized spacial score (nSPS) is 10.3. The number of carbonyl (C=O) groups is 3. The number of hydrogen-bond acceptors (Lipinski definition) is 4. The third kappa shape index (κ3) is 5.99. The van der Waals surface area contributed by atoms with Gasteiger partial charge in [-0.3, -0.25) is 19.4 Å². The van der Waals surface area contributed by atoms with Crippen LogP contribution in [0.5, 0.6) is 0 Å². The molecule has 3 rings (SSSR count). The van der Waals surface area contributed by atoms with E-state index < -0.39 is 0 Å². The standard InChI is InChI=1S/C24H24N4O3/c1-3-28(17(2)29)16-18-7-4-10-21(13-18)26-23(30)19-8-5-11-22(14-19)27-24(31)20-9-6-12-25-15-20/h4-15H,3,16H2,1-2H3,(H,26,30)(H,27,31). The van der Waals surface area contributed by atoms with E-state index in [0.29, 0.717) is 35.6 Å². The predicted molar refractivity (Wildman–Crippen MR) is 120 cm³/mol. The SMILES string of the molecule is CCN(Cc1cccc(NC(=O)c2cccc(NC(=O)c3cccnc3)c2)c1)C(C)=O. The van der Waals surface area contributed by atoms with Crippen LogP contribution in [-0.2, 0) is 11.3 Å². The van der Waals surface area contributed by atoms with Crippen molar-refractivity contribution in [1.29, 1.82) is 0 Å². The molecular weight excluding hydrogens is 392 g/mol. The Balaban J connectivity index is 1.68. The fraction of sp³-hybridized carbons (Fsp3) is 0.167. The van der Waals surface area contributed by atoms with E-state index in [1.54, 1.807) is 53.6 Å². The molecule has 3 aromatic rings. The van der Waals surface area contributed by atoms with Crippen LogP contribution >= 0.6 is 0 Å². The smallest absolute Gasteiger partial charge is 0.257 e. The molecule has 0 saturated carbocycles. The van der Waals surface area contributed by atoms with Gasteiger partial charge in [-0.15, -0.1) is 0 Å². The minimum atomic E-state index is -0.302. The molecule has 0 fully saturated rings. The Morgan fingerprint density at radius 2 is 1.52 bits per heavy atom. The van der Waals surface area contributed by atoms with Gasteiger partial charge in [-0.25, -0.2) is 0 Å². The average molecular weight is 416 g/mol. The largest absolute Gasteiger partial charge is 0.339 e. The van der Waals surface area contributed by atoms with E-state index in [-0.39, 0.29) is 17.7 Å². The molecule has 0 aliphatic carbocycles. The van der Waals surface area contributed by atoms with Crippen molar-refractivity contribution < 1.29 is 14.4 Å². The summed E-state index contributed by atoms with van der Waals surface area (Å²) in [6.45, 7) is 4.55. The summed E-state index contributed by atoms with van der Waals surface area (Å²) in [5, 5.41) is 5.63. The van der Waals surface area contributed by atoms with E-state index >= 15 is 0 Å². The summed E-state index contributed by atoms with van der Waals surface area (Å²) in [5.74, 6) is -0.597. The van der Waals surface area contributed by atoms with Gasteiger partial charge >= 0.3 is 0 Å². The van der Waals surface area contributed by atoms with Gasteiger partial charge in [0.2, 0.25) is 5.91 Å². The van der Waals surface area contributed by atoms with Crippen LogP contribution in [0.1, 0.15) is 40.1 Å². The molecule has 0 spiro atoms. The minimum Gasteiger partial charge on any atom is -0.339 e. The number of nitrogens with one attached hydrogen (secondary N) is 2. The molecule has 1 heterocycles. The van der Waals surface area contributed by atoms with Crippen molar-refractivity contribution in [3.63, 3.8) is 0 Å². The fourth-order valence-corrected chi connectivity index (χ4v) is 3.06. The first kappa shape index (κ1) is 21.7. The quantitative estimate of drug-likeness (QED) is 0.610. The number of pyridine rings is 1. The summed E-state index contributed by atoms with van der Waals surface area (Å²) in [5.41, 5.74) is 2.91.